The molecule has 6 rings (SSSR count). The first-order valence-electron chi connectivity index (χ1n) is 14.3. The number of nitrogens with one attached hydrogen (secondary N) is 2. The van der Waals surface area contributed by atoms with E-state index in [1.807, 2.05) is 0 Å². The first-order valence-corrected chi connectivity index (χ1v) is 14.3. The maximum absolute atomic E-state index is 12.7. The molecule has 4 heterocycles. The van der Waals surface area contributed by atoms with Crippen LogP contribution in [0.5, 0.6) is 0 Å². The van der Waals surface area contributed by atoms with Crippen LogP contribution < -0.4 is 10.6 Å². The van der Waals surface area contributed by atoms with Crippen molar-refractivity contribution in [2.75, 3.05) is 17.2 Å². The molecule has 46 heavy (non-hydrogen) atoms. The van der Waals surface area contributed by atoms with Gasteiger partial charge in [0.1, 0.15) is 24.6 Å². The highest BCUT2D eigenvalue weighted by molar-refractivity contribution is 6.01. The lowest BCUT2D eigenvalue weighted by Gasteiger charge is -2.16. The molecule has 0 bridgehead atoms. The Morgan fingerprint density at radius 1 is 0.891 bits per heavy atom. The zero-order valence-electron chi connectivity index (χ0n) is 24.1. The van der Waals surface area contributed by atoms with Crippen LogP contribution in [0.4, 0.5) is 17.2 Å². The predicted octanol–water partition coefficient (Wildman–Crippen LogP) is 0.512. The first-order chi connectivity index (χ1) is 22.2. The standard InChI is InChI=1S/C30H29N7O9/c38-13-20-26(43)27(44)30(45-20)36-15-33-25-28(31-14-32-29(25)36)35-19-7-1-16(2-8-19)11-21(39)34-18-5-3-17(4-6-18)12-24(42)46-37-22(40)9-10-23(37)41/h1-8,14-15,20,26-27,30,38,43-44H,9-13H2,(H,34,39)(H,31,32,35)/t20-,26-,27-,30?/m1/s1. The Morgan fingerprint density at radius 3 is 2.20 bits per heavy atom. The summed E-state index contributed by atoms with van der Waals surface area (Å²) in [5.41, 5.74) is 3.26. The van der Waals surface area contributed by atoms with E-state index in [4.69, 9.17) is 9.57 Å². The number of imidazole rings is 1. The molecule has 2 aliphatic rings. The summed E-state index contributed by atoms with van der Waals surface area (Å²) in [5.74, 6) is -1.70. The maximum Gasteiger partial charge on any atom is 0.337 e. The summed E-state index contributed by atoms with van der Waals surface area (Å²) < 4.78 is 7.06. The van der Waals surface area contributed by atoms with E-state index in [1.165, 1.54) is 17.2 Å². The lowest BCUT2D eigenvalue weighted by molar-refractivity contribution is -0.197. The molecule has 0 saturated carbocycles. The first kappa shape index (κ1) is 30.7. The number of hydroxylamine groups is 2. The van der Waals surface area contributed by atoms with E-state index in [0.717, 1.165) is 5.56 Å². The molecule has 0 aliphatic carbocycles. The number of hydrogen-bond donors (Lipinski definition) is 5. The smallest absolute Gasteiger partial charge is 0.337 e. The molecule has 0 radical (unpaired) electrons. The SMILES string of the molecule is O=C(Cc1ccc(Nc2ncnc3c2ncn3C2O[C@H](CO)[C@@H](O)[C@H]2O)cc1)Nc1ccc(CC(=O)ON2C(=O)CCC2=O)cc1. The van der Waals surface area contributed by atoms with Crippen molar-refractivity contribution in [3.63, 3.8) is 0 Å². The molecule has 16 nitrogen and oxygen atoms in total. The molecule has 2 aromatic carbocycles. The average Bonchev–Trinajstić information content (AvgIpc) is 3.70. The second-order valence-corrected chi connectivity index (χ2v) is 10.7. The minimum atomic E-state index is -1.29. The highest BCUT2D eigenvalue weighted by atomic mass is 16.7. The minimum Gasteiger partial charge on any atom is -0.394 e. The van der Waals surface area contributed by atoms with Crippen molar-refractivity contribution in [3.05, 3.63) is 72.3 Å². The number of amides is 3. The Morgan fingerprint density at radius 2 is 1.54 bits per heavy atom. The van der Waals surface area contributed by atoms with E-state index in [2.05, 4.69) is 25.6 Å². The number of nitrogens with zero attached hydrogens (tertiary/aromatic N) is 5. The summed E-state index contributed by atoms with van der Waals surface area (Å²) in [7, 11) is 0. The van der Waals surface area contributed by atoms with E-state index in [0.29, 0.717) is 39.0 Å². The normalized spacial score (nSPS) is 21.2. The zero-order chi connectivity index (χ0) is 32.4. The van der Waals surface area contributed by atoms with E-state index >= 15 is 0 Å². The molecule has 0 spiro atoms. The summed E-state index contributed by atoms with van der Waals surface area (Å²) in [4.78, 5) is 65.7. The third kappa shape index (κ3) is 6.40. The summed E-state index contributed by atoms with van der Waals surface area (Å²) in [6.07, 6.45) is -1.77. The van der Waals surface area contributed by atoms with Gasteiger partial charge in [0.25, 0.3) is 11.8 Å². The summed E-state index contributed by atoms with van der Waals surface area (Å²) in [5, 5.41) is 36.4. The number of anilines is 3. The third-order valence-corrected chi connectivity index (χ3v) is 7.52. The number of hydrogen-bond acceptors (Lipinski definition) is 13. The molecule has 3 amide bonds. The number of aliphatic hydroxyl groups is 3. The van der Waals surface area contributed by atoms with Crippen LogP contribution in [0.25, 0.3) is 11.2 Å². The molecule has 2 saturated heterocycles. The van der Waals surface area contributed by atoms with Gasteiger partial charge < -0.3 is 35.5 Å². The van der Waals surface area contributed by atoms with Crippen molar-refractivity contribution < 1.29 is 44.1 Å². The fourth-order valence-corrected chi connectivity index (χ4v) is 5.14. The van der Waals surface area contributed by atoms with Gasteiger partial charge >= 0.3 is 5.97 Å². The van der Waals surface area contributed by atoms with Gasteiger partial charge in [-0.2, -0.15) is 0 Å². The van der Waals surface area contributed by atoms with Gasteiger partial charge in [-0.05, 0) is 35.4 Å². The van der Waals surface area contributed by atoms with Gasteiger partial charge in [-0.3, -0.25) is 19.0 Å². The van der Waals surface area contributed by atoms with Crippen molar-refractivity contribution in [2.45, 2.75) is 50.2 Å². The Hall–Kier alpha value is -5.29. The van der Waals surface area contributed by atoms with Crippen LogP contribution in [0.1, 0.15) is 30.2 Å². The Bertz CT molecular complexity index is 1760. The van der Waals surface area contributed by atoms with Crippen LogP contribution in [0.3, 0.4) is 0 Å². The van der Waals surface area contributed by atoms with Crippen LogP contribution in [0, 0.1) is 0 Å². The Balaban J connectivity index is 1.02. The number of aliphatic hydroxyl groups excluding tert-OH is 3. The van der Waals surface area contributed by atoms with E-state index in [1.54, 1.807) is 48.5 Å². The molecular formula is C30H29N7O9. The predicted molar refractivity (Wildman–Crippen MR) is 158 cm³/mol. The molecule has 238 valence electrons. The van der Waals surface area contributed by atoms with Gasteiger partial charge in [0.2, 0.25) is 5.91 Å². The second-order valence-electron chi connectivity index (χ2n) is 10.7. The highest BCUT2D eigenvalue weighted by Gasteiger charge is 2.44. The topological polar surface area (TPSA) is 218 Å². The van der Waals surface area contributed by atoms with Crippen molar-refractivity contribution in [1.29, 1.82) is 0 Å². The molecule has 1 unspecified atom stereocenters. The van der Waals surface area contributed by atoms with Crippen molar-refractivity contribution in [1.82, 2.24) is 24.6 Å². The number of aromatic nitrogens is 4. The van der Waals surface area contributed by atoms with Crippen molar-refractivity contribution in [2.24, 2.45) is 0 Å². The fourth-order valence-electron chi connectivity index (χ4n) is 5.14. The number of carbonyl (C=O) groups excluding carboxylic acids is 4. The van der Waals surface area contributed by atoms with E-state index in [9.17, 15) is 34.5 Å². The number of imide groups is 1. The van der Waals surface area contributed by atoms with Gasteiger partial charge in [-0.1, -0.05) is 24.3 Å². The number of ether oxygens (including phenoxy) is 1. The summed E-state index contributed by atoms with van der Waals surface area (Å²) >= 11 is 0. The maximum atomic E-state index is 12.7. The molecule has 5 N–H and O–H groups in total. The lowest BCUT2D eigenvalue weighted by atomic mass is 10.1. The van der Waals surface area contributed by atoms with E-state index in [-0.39, 0.29) is 31.6 Å². The van der Waals surface area contributed by atoms with Crippen LogP contribution in [0.2, 0.25) is 0 Å². The monoisotopic (exact) mass is 631 g/mol. The molecular weight excluding hydrogens is 602 g/mol. The summed E-state index contributed by atoms with van der Waals surface area (Å²) in [6.45, 7) is -0.455. The van der Waals surface area contributed by atoms with Crippen LogP contribution in [0.15, 0.2) is 61.2 Å². The summed E-state index contributed by atoms with van der Waals surface area (Å²) in [6, 6.07) is 13.7. The molecule has 2 aromatic heterocycles. The fraction of sp³-hybridized carbons (Fsp3) is 0.300. The number of carbonyl (C=O) groups is 4. The zero-order valence-corrected chi connectivity index (χ0v) is 24.1. The van der Waals surface area contributed by atoms with Crippen molar-refractivity contribution >= 4 is 52.0 Å². The second kappa shape index (κ2) is 13.0. The number of fused-ring (bicyclic) bond motifs is 1. The van der Waals surface area contributed by atoms with Crippen LogP contribution in [-0.4, -0.2) is 88.5 Å². The van der Waals surface area contributed by atoms with Gasteiger partial charge in [-0.15, -0.1) is 5.06 Å². The quantitative estimate of drug-likeness (QED) is 0.151. The van der Waals surface area contributed by atoms with Gasteiger partial charge in [0.05, 0.1) is 25.8 Å². The van der Waals surface area contributed by atoms with Crippen molar-refractivity contribution in [3.8, 4) is 0 Å². The van der Waals surface area contributed by atoms with Crippen LogP contribution >= 0.6 is 0 Å². The Kier molecular flexibility index (Phi) is 8.67. The van der Waals surface area contributed by atoms with Crippen LogP contribution in [-0.2, 0) is 41.6 Å². The van der Waals surface area contributed by atoms with Gasteiger partial charge in [0, 0.05) is 24.2 Å². The lowest BCUT2D eigenvalue weighted by Crippen LogP contribution is -2.33. The molecule has 2 fully saturated rings. The largest absolute Gasteiger partial charge is 0.394 e. The number of benzene rings is 2. The minimum absolute atomic E-state index is 0.0200. The van der Waals surface area contributed by atoms with Gasteiger partial charge in [0.15, 0.2) is 23.2 Å². The highest BCUT2D eigenvalue weighted by Crippen LogP contribution is 2.32. The Labute approximate surface area is 260 Å². The number of rotatable bonds is 10. The van der Waals surface area contributed by atoms with E-state index < -0.39 is 48.9 Å². The average molecular weight is 632 g/mol. The molecule has 4 atom stereocenters. The van der Waals surface area contributed by atoms with Gasteiger partial charge in [-0.25, -0.2) is 19.7 Å². The third-order valence-electron chi connectivity index (χ3n) is 7.52. The molecule has 4 aromatic rings. The molecule has 2 aliphatic heterocycles. The molecule has 16 heteroatoms.